The van der Waals surface area contributed by atoms with Gasteiger partial charge in [0.1, 0.15) is 11.8 Å². The molecular formula is C18H23N3O4S2. The van der Waals surface area contributed by atoms with Gasteiger partial charge in [0.25, 0.3) is 5.91 Å². The molecule has 146 valence electrons. The highest BCUT2D eigenvalue weighted by Crippen LogP contribution is 2.24. The Morgan fingerprint density at radius 3 is 2.52 bits per heavy atom. The van der Waals surface area contributed by atoms with Crippen LogP contribution < -0.4 is 14.5 Å². The van der Waals surface area contributed by atoms with Crippen molar-refractivity contribution < 1.29 is 17.9 Å². The predicted molar refractivity (Wildman–Crippen MR) is 109 cm³/mol. The van der Waals surface area contributed by atoms with Crippen molar-refractivity contribution in [2.24, 2.45) is 5.10 Å². The van der Waals surface area contributed by atoms with Gasteiger partial charge < -0.3 is 4.74 Å². The summed E-state index contributed by atoms with van der Waals surface area (Å²) in [5.41, 5.74) is 3.84. The molecule has 0 radical (unpaired) electrons. The highest BCUT2D eigenvalue weighted by Gasteiger charge is 2.29. The van der Waals surface area contributed by atoms with Crippen molar-refractivity contribution in [1.29, 1.82) is 0 Å². The first kappa shape index (κ1) is 20.9. The van der Waals surface area contributed by atoms with E-state index < -0.39 is 22.0 Å². The third-order valence-electron chi connectivity index (χ3n) is 3.75. The Balaban J connectivity index is 2.16. The third kappa shape index (κ3) is 5.54. The number of sulfonamides is 1. The van der Waals surface area contributed by atoms with E-state index in [4.69, 9.17) is 4.74 Å². The summed E-state index contributed by atoms with van der Waals surface area (Å²) in [5, 5.41) is 5.87. The minimum Gasteiger partial charge on any atom is -0.494 e. The van der Waals surface area contributed by atoms with Crippen LogP contribution in [0.3, 0.4) is 0 Å². The molecule has 1 heterocycles. The van der Waals surface area contributed by atoms with E-state index in [1.165, 1.54) is 18.3 Å². The summed E-state index contributed by atoms with van der Waals surface area (Å²) in [6.07, 6.45) is 2.61. The fraction of sp³-hybridized carbons (Fsp3) is 0.333. The van der Waals surface area contributed by atoms with Gasteiger partial charge in [0.2, 0.25) is 10.0 Å². The second-order valence-electron chi connectivity index (χ2n) is 5.86. The molecule has 1 aromatic carbocycles. The van der Waals surface area contributed by atoms with Gasteiger partial charge in [0.15, 0.2) is 0 Å². The Bertz CT molecular complexity index is 905. The molecule has 0 unspecified atom stereocenters. The minimum atomic E-state index is -3.68. The molecule has 9 heteroatoms. The second-order valence-corrected chi connectivity index (χ2v) is 8.67. The van der Waals surface area contributed by atoms with E-state index >= 15 is 0 Å². The van der Waals surface area contributed by atoms with Gasteiger partial charge in [-0.1, -0.05) is 0 Å². The van der Waals surface area contributed by atoms with Crippen LogP contribution in [0.2, 0.25) is 0 Å². The van der Waals surface area contributed by atoms with E-state index in [0.717, 1.165) is 21.0 Å². The van der Waals surface area contributed by atoms with Crippen LogP contribution in [0.25, 0.3) is 0 Å². The monoisotopic (exact) mass is 409 g/mol. The molecule has 0 aliphatic rings. The molecule has 0 spiro atoms. The molecule has 2 rings (SSSR count). The van der Waals surface area contributed by atoms with Crippen LogP contribution in [-0.4, -0.2) is 39.4 Å². The van der Waals surface area contributed by atoms with E-state index in [0.29, 0.717) is 18.0 Å². The van der Waals surface area contributed by atoms with E-state index in [9.17, 15) is 13.2 Å². The lowest BCUT2D eigenvalue weighted by Gasteiger charge is -2.27. The largest absolute Gasteiger partial charge is 0.494 e. The summed E-state index contributed by atoms with van der Waals surface area (Å²) in [6, 6.07) is 7.52. The number of carbonyl (C=O) groups is 1. The normalized spacial score (nSPS) is 12.7. The maximum Gasteiger partial charge on any atom is 0.263 e. The molecule has 1 amide bonds. The lowest BCUT2D eigenvalue weighted by atomic mass is 10.2. The number of nitrogens with one attached hydrogen (secondary N) is 1. The van der Waals surface area contributed by atoms with Crippen LogP contribution in [0.15, 0.2) is 40.8 Å². The molecule has 1 aromatic heterocycles. The highest BCUT2D eigenvalue weighted by atomic mass is 32.2. The molecule has 7 nitrogen and oxygen atoms in total. The first-order valence-electron chi connectivity index (χ1n) is 8.33. The number of anilines is 1. The number of hydrogen-bond acceptors (Lipinski definition) is 6. The molecule has 0 fully saturated rings. The van der Waals surface area contributed by atoms with Gasteiger partial charge in [0, 0.05) is 4.88 Å². The number of aryl methyl sites for hydroxylation is 1. The van der Waals surface area contributed by atoms with Crippen molar-refractivity contribution in [2.45, 2.75) is 26.8 Å². The van der Waals surface area contributed by atoms with Crippen molar-refractivity contribution in [2.75, 3.05) is 17.2 Å². The number of hydrogen-bond donors (Lipinski definition) is 1. The summed E-state index contributed by atoms with van der Waals surface area (Å²) in [7, 11) is -3.68. The van der Waals surface area contributed by atoms with Gasteiger partial charge >= 0.3 is 0 Å². The molecule has 0 aliphatic heterocycles. The summed E-state index contributed by atoms with van der Waals surface area (Å²) >= 11 is 1.50. The van der Waals surface area contributed by atoms with E-state index in [1.54, 1.807) is 30.5 Å². The van der Waals surface area contributed by atoms with Gasteiger partial charge in [-0.3, -0.25) is 9.10 Å². The first-order chi connectivity index (χ1) is 12.7. The van der Waals surface area contributed by atoms with Gasteiger partial charge in [0.05, 0.1) is 24.8 Å². The Morgan fingerprint density at radius 1 is 1.33 bits per heavy atom. The van der Waals surface area contributed by atoms with Gasteiger partial charge in [-0.25, -0.2) is 13.8 Å². The number of carbonyl (C=O) groups excluding carboxylic acids is 1. The number of hydrazone groups is 1. The standard InChI is InChI=1S/C18H23N3O4S2/c1-5-25-16-8-6-15(7-9-16)21(27(4,23)24)14(3)18(22)20-19-12-17-13(2)10-11-26-17/h6-12,14H,5H2,1-4H3,(H,20,22)/b19-12-/t14-/m1/s1. The molecule has 1 atom stereocenters. The maximum absolute atomic E-state index is 12.4. The smallest absolute Gasteiger partial charge is 0.263 e. The van der Waals surface area contributed by atoms with Crippen LogP contribution in [-0.2, 0) is 14.8 Å². The van der Waals surface area contributed by atoms with Crippen molar-refractivity contribution >= 4 is 39.2 Å². The van der Waals surface area contributed by atoms with Crippen LogP contribution >= 0.6 is 11.3 Å². The van der Waals surface area contributed by atoms with Gasteiger partial charge in [-0.05, 0) is 62.0 Å². The van der Waals surface area contributed by atoms with Crippen LogP contribution in [0.4, 0.5) is 5.69 Å². The Morgan fingerprint density at radius 2 is 2.00 bits per heavy atom. The average molecular weight is 410 g/mol. The number of rotatable bonds is 8. The molecule has 0 saturated carbocycles. The number of thiophene rings is 1. The quantitative estimate of drug-likeness (QED) is 0.536. The fourth-order valence-corrected chi connectivity index (χ4v) is 4.39. The Hall–Kier alpha value is -2.39. The lowest BCUT2D eigenvalue weighted by molar-refractivity contribution is -0.121. The topological polar surface area (TPSA) is 88.1 Å². The lowest BCUT2D eigenvalue weighted by Crippen LogP contribution is -2.46. The SMILES string of the molecule is CCOc1ccc(N([C@H](C)C(=O)N/N=C\c2sccc2C)S(C)(=O)=O)cc1. The second kappa shape index (κ2) is 9.01. The van der Waals surface area contributed by atoms with Crippen molar-refractivity contribution in [1.82, 2.24) is 5.43 Å². The van der Waals surface area contributed by atoms with E-state index in [-0.39, 0.29) is 0 Å². The molecule has 2 aromatic rings. The number of ether oxygens (including phenoxy) is 1. The zero-order chi connectivity index (χ0) is 20.0. The Labute approximate surface area is 163 Å². The van der Waals surface area contributed by atoms with Crippen LogP contribution in [0.5, 0.6) is 5.75 Å². The molecule has 27 heavy (non-hydrogen) atoms. The molecule has 0 saturated heterocycles. The molecule has 0 aliphatic carbocycles. The van der Waals surface area contributed by atoms with Crippen LogP contribution in [0.1, 0.15) is 24.3 Å². The van der Waals surface area contributed by atoms with Crippen molar-refractivity contribution in [3.8, 4) is 5.75 Å². The first-order valence-corrected chi connectivity index (χ1v) is 11.1. The van der Waals surface area contributed by atoms with E-state index in [1.807, 2.05) is 25.3 Å². The van der Waals surface area contributed by atoms with Gasteiger partial charge in [-0.2, -0.15) is 5.10 Å². The number of nitrogens with zero attached hydrogens (tertiary/aromatic N) is 2. The minimum absolute atomic E-state index is 0.377. The maximum atomic E-state index is 12.4. The number of amides is 1. The van der Waals surface area contributed by atoms with Gasteiger partial charge in [-0.15, -0.1) is 11.3 Å². The summed E-state index contributed by atoms with van der Waals surface area (Å²) in [5.74, 6) is 0.0995. The summed E-state index contributed by atoms with van der Waals surface area (Å²) in [4.78, 5) is 13.4. The van der Waals surface area contributed by atoms with Crippen LogP contribution in [0, 0.1) is 6.92 Å². The Kier molecular flexibility index (Phi) is 6.98. The zero-order valence-corrected chi connectivity index (χ0v) is 17.3. The van der Waals surface area contributed by atoms with Crippen molar-refractivity contribution in [3.63, 3.8) is 0 Å². The molecule has 1 N–H and O–H groups in total. The molecular weight excluding hydrogens is 386 g/mol. The summed E-state index contributed by atoms with van der Waals surface area (Å²) < 4.78 is 31.0. The van der Waals surface area contributed by atoms with E-state index in [2.05, 4.69) is 10.5 Å². The zero-order valence-electron chi connectivity index (χ0n) is 15.7. The highest BCUT2D eigenvalue weighted by molar-refractivity contribution is 7.92. The predicted octanol–water partition coefficient (Wildman–Crippen LogP) is 2.76. The van der Waals surface area contributed by atoms with Crippen molar-refractivity contribution in [3.05, 3.63) is 46.2 Å². The third-order valence-corrected chi connectivity index (χ3v) is 5.94. The average Bonchev–Trinajstić information content (AvgIpc) is 3.00. The number of benzene rings is 1. The molecule has 0 bridgehead atoms. The summed E-state index contributed by atoms with van der Waals surface area (Å²) in [6.45, 7) is 5.83. The fourth-order valence-electron chi connectivity index (χ4n) is 2.43.